The molecule has 1 aliphatic rings. The highest BCUT2D eigenvalue weighted by molar-refractivity contribution is 6.32. The van der Waals surface area contributed by atoms with Gasteiger partial charge in [-0.3, -0.25) is 0 Å². The Kier molecular flexibility index (Phi) is 8.31. The summed E-state index contributed by atoms with van der Waals surface area (Å²) >= 11 is 6.19. The van der Waals surface area contributed by atoms with Crippen molar-refractivity contribution < 1.29 is 14.3 Å². The molecule has 0 aliphatic carbocycles. The lowest BCUT2D eigenvalue weighted by molar-refractivity contribution is 0.146. The molecule has 0 atom stereocenters. The average Bonchev–Trinajstić information content (AvgIpc) is 2.59. The molecule has 1 aliphatic heterocycles. The number of halogens is 1. The Morgan fingerprint density at radius 2 is 2.08 bits per heavy atom. The number of para-hydroxylation sites is 1. The molecule has 2 N–H and O–H groups in total. The molecule has 0 bridgehead atoms. The molecule has 2 amide bonds. The fourth-order valence-electron chi connectivity index (χ4n) is 2.94. The second kappa shape index (κ2) is 10.5. The maximum Gasteiger partial charge on any atom is 0.319 e. The van der Waals surface area contributed by atoms with Gasteiger partial charge in [0.2, 0.25) is 0 Å². The summed E-state index contributed by atoms with van der Waals surface area (Å²) in [6.45, 7) is 6.20. The molecule has 140 valence electrons. The number of hydrogen-bond donors (Lipinski definition) is 2. The maximum atomic E-state index is 12.3. The van der Waals surface area contributed by atoms with E-state index in [1.54, 1.807) is 25.3 Å². The summed E-state index contributed by atoms with van der Waals surface area (Å²) in [6.07, 6.45) is 3.11. The van der Waals surface area contributed by atoms with Crippen molar-refractivity contribution in [3.05, 3.63) is 23.2 Å². The number of carbonyl (C=O) groups excluding carboxylic acids is 1. The number of urea groups is 1. The van der Waals surface area contributed by atoms with Crippen molar-refractivity contribution in [2.75, 3.05) is 45.3 Å². The number of ether oxygens (including phenoxy) is 2. The Hall–Kier alpha value is -1.50. The van der Waals surface area contributed by atoms with E-state index in [4.69, 9.17) is 21.1 Å². The van der Waals surface area contributed by atoms with Crippen molar-refractivity contribution in [2.45, 2.75) is 32.2 Å². The minimum Gasteiger partial charge on any atom is -0.487 e. The van der Waals surface area contributed by atoms with E-state index >= 15 is 0 Å². The van der Waals surface area contributed by atoms with Gasteiger partial charge in [0.25, 0.3) is 0 Å². The largest absolute Gasteiger partial charge is 0.487 e. The first-order chi connectivity index (χ1) is 12.1. The molecule has 0 radical (unpaired) electrons. The lowest BCUT2D eigenvalue weighted by Crippen LogP contribution is -2.46. The normalized spacial score (nSPS) is 15.8. The predicted octanol–water partition coefficient (Wildman–Crippen LogP) is 3.36. The average molecular weight is 370 g/mol. The van der Waals surface area contributed by atoms with Crippen molar-refractivity contribution in [1.82, 2.24) is 10.2 Å². The van der Waals surface area contributed by atoms with E-state index in [0.717, 1.165) is 32.5 Å². The number of anilines is 1. The number of likely N-dealkylation sites (tertiary alicyclic amines) is 1. The highest BCUT2D eigenvalue weighted by Gasteiger charge is 2.20. The van der Waals surface area contributed by atoms with Gasteiger partial charge in [-0.25, -0.2) is 4.79 Å². The van der Waals surface area contributed by atoms with Crippen LogP contribution in [0.1, 0.15) is 26.2 Å². The number of methoxy groups -OCH3 is 1. The molecule has 1 saturated heterocycles. The Balaban J connectivity index is 1.87. The van der Waals surface area contributed by atoms with Crippen LogP contribution in [0.25, 0.3) is 0 Å². The second-order valence-electron chi connectivity index (χ2n) is 6.17. The van der Waals surface area contributed by atoms with Crippen LogP contribution in [-0.2, 0) is 4.74 Å². The molecule has 1 heterocycles. The molecule has 1 aromatic carbocycles. The quantitative estimate of drug-likeness (QED) is 0.690. The van der Waals surface area contributed by atoms with E-state index in [0.29, 0.717) is 29.7 Å². The highest BCUT2D eigenvalue weighted by Crippen LogP contribution is 2.32. The molecule has 0 saturated carbocycles. The van der Waals surface area contributed by atoms with Gasteiger partial charge in [-0.15, -0.1) is 0 Å². The molecule has 0 spiro atoms. The molecule has 1 aromatic rings. The Bertz CT molecular complexity index is 548. The van der Waals surface area contributed by atoms with Gasteiger partial charge in [-0.1, -0.05) is 24.6 Å². The predicted molar refractivity (Wildman–Crippen MR) is 101 cm³/mol. The lowest BCUT2D eigenvalue weighted by atomic mass is 10.1. The van der Waals surface area contributed by atoms with E-state index in [2.05, 4.69) is 22.5 Å². The van der Waals surface area contributed by atoms with E-state index in [9.17, 15) is 4.79 Å². The number of carbonyl (C=O) groups is 1. The first-order valence-corrected chi connectivity index (χ1v) is 9.22. The molecular formula is C18H28ClN3O3. The van der Waals surface area contributed by atoms with Crippen LogP contribution in [0, 0.1) is 0 Å². The van der Waals surface area contributed by atoms with Gasteiger partial charge < -0.3 is 25.0 Å². The van der Waals surface area contributed by atoms with Crippen LogP contribution in [0.4, 0.5) is 10.5 Å². The fraction of sp³-hybridized carbons (Fsp3) is 0.611. The van der Waals surface area contributed by atoms with Crippen LogP contribution < -0.4 is 15.4 Å². The summed E-state index contributed by atoms with van der Waals surface area (Å²) in [4.78, 5) is 14.8. The smallest absolute Gasteiger partial charge is 0.319 e. The summed E-state index contributed by atoms with van der Waals surface area (Å²) in [5, 5.41) is 6.35. The molecule has 1 fully saturated rings. The maximum absolute atomic E-state index is 12.3. The third-order valence-corrected chi connectivity index (χ3v) is 4.51. The Labute approximate surface area is 154 Å². The Morgan fingerprint density at radius 1 is 1.32 bits per heavy atom. The minimum absolute atomic E-state index is 0.199. The molecule has 2 rings (SSSR count). The zero-order chi connectivity index (χ0) is 18.1. The van der Waals surface area contributed by atoms with Crippen molar-refractivity contribution in [2.24, 2.45) is 0 Å². The van der Waals surface area contributed by atoms with Crippen molar-refractivity contribution >= 4 is 23.3 Å². The number of amides is 2. The molecular weight excluding hydrogens is 342 g/mol. The zero-order valence-electron chi connectivity index (χ0n) is 15.0. The summed E-state index contributed by atoms with van der Waals surface area (Å²) in [5.41, 5.74) is 0.560. The molecule has 6 nitrogen and oxygen atoms in total. The fourth-order valence-corrected chi connectivity index (χ4v) is 3.17. The van der Waals surface area contributed by atoms with E-state index in [1.807, 2.05) is 0 Å². The topological polar surface area (TPSA) is 62.8 Å². The van der Waals surface area contributed by atoms with Crippen LogP contribution in [0.15, 0.2) is 18.2 Å². The number of piperidine rings is 1. The number of nitrogens with one attached hydrogen (secondary N) is 2. The highest BCUT2D eigenvalue weighted by atomic mass is 35.5. The van der Waals surface area contributed by atoms with Gasteiger partial charge in [0.1, 0.15) is 6.61 Å². The van der Waals surface area contributed by atoms with Crippen LogP contribution in [0.2, 0.25) is 5.02 Å². The van der Waals surface area contributed by atoms with Crippen LogP contribution in [0.3, 0.4) is 0 Å². The molecule has 7 heteroatoms. The SMILES string of the molecule is CCCN1CCC(NC(=O)Nc2cccc(Cl)c2OCCOC)CC1. The molecule has 25 heavy (non-hydrogen) atoms. The van der Waals surface area contributed by atoms with Gasteiger partial charge in [-0.2, -0.15) is 0 Å². The van der Waals surface area contributed by atoms with E-state index in [-0.39, 0.29) is 12.1 Å². The van der Waals surface area contributed by atoms with Crippen LogP contribution >= 0.6 is 11.6 Å². The number of nitrogens with zero attached hydrogens (tertiary/aromatic N) is 1. The van der Waals surface area contributed by atoms with Gasteiger partial charge in [-0.05, 0) is 37.9 Å². The monoisotopic (exact) mass is 369 g/mol. The summed E-state index contributed by atoms with van der Waals surface area (Å²) in [5.74, 6) is 0.467. The lowest BCUT2D eigenvalue weighted by Gasteiger charge is -2.32. The van der Waals surface area contributed by atoms with Gasteiger partial charge in [0, 0.05) is 26.2 Å². The number of hydrogen-bond acceptors (Lipinski definition) is 4. The minimum atomic E-state index is -0.229. The first kappa shape index (κ1) is 19.8. The van der Waals surface area contributed by atoms with Crippen LogP contribution in [0.5, 0.6) is 5.75 Å². The summed E-state index contributed by atoms with van der Waals surface area (Å²) in [6, 6.07) is 5.26. The van der Waals surface area contributed by atoms with Crippen molar-refractivity contribution in [1.29, 1.82) is 0 Å². The number of benzene rings is 1. The summed E-state index contributed by atoms with van der Waals surface area (Å²) in [7, 11) is 1.61. The van der Waals surface area contributed by atoms with Gasteiger partial charge >= 0.3 is 6.03 Å². The van der Waals surface area contributed by atoms with Gasteiger partial charge in [0.05, 0.1) is 17.3 Å². The van der Waals surface area contributed by atoms with Crippen LogP contribution in [-0.4, -0.2) is 56.9 Å². The third kappa shape index (κ3) is 6.38. The Morgan fingerprint density at radius 3 is 2.76 bits per heavy atom. The van der Waals surface area contributed by atoms with Crippen molar-refractivity contribution in [3.8, 4) is 5.75 Å². The molecule has 0 unspecified atom stereocenters. The van der Waals surface area contributed by atoms with E-state index in [1.165, 1.54) is 6.42 Å². The third-order valence-electron chi connectivity index (χ3n) is 4.21. The van der Waals surface area contributed by atoms with E-state index < -0.39 is 0 Å². The second-order valence-corrected chi connectivity index (χ2v) is 6.58. The molecule has 0 aromatic heterocycles. The van der Waals surface area contributed by atoms with Crippen molar-refractivity contribution in [3.63, 3.8) is 0 Å². The first-order valence-electron chi connectivity index (χ1n) is 8.84. The summed E-state index contributed by atoms with van der Waals surface area (Å²) < 4.78 is 10.6. The standard InChI is InChI=1S/C18H28ClN3O3/c1-3-9-22-10-7-14(8-11-22)20-18(23)21-16-6-4-5-15(19)17(16)25-13-12-24-2/h4-6,14H,3,7-13H2,1-2H3,(H2,20,21,23). The number of rotatable bonds is 8. The zero-order valence-corrected chi connectivity index (χ0v) is 15.8. The van der Waals surface area contributed by atoms with Gasteiger partial charge in [0.15, 0.2) is 5.75 Å².